The van der Waals surface area contributed by atoms with Crippen LogP contribution in [0.5, 0.6) is 6.01 Å². The first-order valence-electron chi connectivity index (χ1n) is 3.28. The maximum Gasteiger partial charge on any atom is 0.471 e. The highest BCUT2D eigenvalue weighted by molar-refractivity contribution is 5.93. The number of anilines is 1. The maximum atomic E-state index is 11.7. The second kappa shape index (κ2) is 3.52. The number of carbonyl (C=O) groups excluding carboxylic acids is 1. The van der Waals surface area contributed by atoms with Crippen molar-refractivity contribution in [1.29, 1.82) is 0 Å². The highest BCUT2D eigenvalue weighted by Gasteiger charge is 2.39. The van der Waals surface area contributed by atoms with Crippen molar-refractivity contribution in [3.63, 3.8) is 0 Å². The van der Waals surface area contributed by atoms with Gasteiger partial charge in [0.15, 0.2) is 0 Å². The molecule has 0 bridgehead atoms. The lowest BCUT2D eigenvalue weighted by Gasteiger charge is -2.03. The van der Waals surface area contributed by atoms with E-state index in [1.54, 1.807) is 0 Å². The van der Waals surface area contributed by atoms with E-state index in [-0.39, 0.29) is 6.01 Å². The molecule has 6 nitrogen and oxygen atoms in total. The van der Waals surface area contributed by atoms with Crippen molar-refractivity contribution in [2.45, 2.75) is 6.18 Å². The van der Waals surface area contributed by atoms with Crippen molar-refractivity contribution >= 4 is 11.9 Å². The van der Waals surface area contributed by atoms with Gasteiger partial charge in [0.1, 0.15) is 0 Å². The molecule has 0 fully saturated rings. The Morgan fingerprint density at radius 3 is 2.64 bits per heavy atom. The lowest BCUT2D eigenvalue weighted by molar-refractivity contribution is -0.167. The molecule has 0 saturated heterocycles. The van der Waals surface area contributed by atoms with Gasteiger partial charge in [-0.05, 0) is 0 Å². The summed E-state index contributed by atoms with van der Waals surface area (Å²) in [6.07, 6.45) is -4.96. The van der Waals surface area contributed by atoms with Crippen molar-refractivity contribution < 1.29 is 22.7 Å². The smallest absolute Gasteiger partial charge is 0.466 e. The third-order valence-corrected chi connectivity index (χ3v) is 1.14. The van der Waals surface area contributed by atoms with Crippen LogP contribution in [0.4, 0.5) is 19.1 Å². The number of alkyl halides is 3. The molecule has 1 amide bonds. The van der Waals surface area contributed by atoms with Gasteiger partial charge in [0, 0.05) is 0 Å². The fourth-order valence-electron chi connectivity index (χ4n) is 0.572. The molecule has 78 valence electrons. The molecule has 0 atom stereocenters. The second-order valence-electron chi connectivity index (χ2n) is 2.12. The third kappa shape index (κ3) is 2.34. The zero-order valence-corrected chi connectivity index (χ0v) is 6.84. The minimum atomic E-state index is -4.96. The zero-order chi connectivity index (χ0) is 10.8. The Morgan fingerprint density at radius 1 is 1.57 bits per heavy atom. The van der Waals surface area contributed by atoms with Crippen LogP contribution >= 0.6 is 0 Å². The van der Waals surface area contributed by atoms with Crippen LogP contribution in [0.3, 0.4) is 0 Å². The minimum absolute atomic E-state index is 0.164. The van der Waals surface area contributed by atoms with Crippen LogP contribution in [0.15, 0.2) is 0 Å². The number of hydrogen-bond acceptors (Lipinski definition) is 4. The van der Waals surface area contributed by atoms with Crippen LogP contribution in [0.1, 0.15) is 0 Å². The number of H-pyrrole nitrogens is 1. The van der Waals surface area contributed by atoms with E-state index in [2.05, 4.69) is 14.8 Å². The highest BCUT2D eigenvalue weighted by Crippen LogP contribution is 2.16. The van der Waals surface area contributed by atoms with E-state index in [9.17, 15) is 18.0 Å². The van der Waals surface area contributed by atoms with E-state index in [1.165, 1.54) is 12.4 Å². The van der Waals surface area contributed by atoms with Crippen molar-refractivity contribution in [2.24, 2.45) is 0 Å². The van der Waals surface area contributed by atoms with Crippen molar-refractivity contribution in [1.82, 2.24) is 15.2 Å². The summed E-state index contributed by atoms with van der Waals surface area (Å²) < 4.78 is 39.6. The molecule has 0 spiro atoms. The molecule has 0 saturated carbocycles. The van der Waals surface area contributed by atoms with Gasteiger partial charge in [-0.15, -0.1) is 5.10 Å². The maximum absolute atomic E-state index is 11.7. The molecule has 0 radical (unpaired) electrons. The fourth-order valence-corrected chi connectivity index (χ4v) is 0.572. The number of nitrogens with one attached hydrogen (secondary N) is 2. The Hall–Kier alpha value is -1.80. The van der Waals surface area contributed by atoms with Crippen LogP contribution in [-0.2, 0) is 4.79 Å². The Morgan fingerprint density at radius 2 is 2.21 bits per heavy atom. The van der Waals surface area contributed by atoms with Gasteiger partial charge >= 0.3 is 18.1 Å². The monoisotopic (exact) mass is 210 g/mol. The lowest BCUT2D eigenvalue weighted by Crippen LogP contribution is -2.30. The number of halogens is 3. The molecule has 1 rings (SSSR count). The van der Waals surface area contributed by atoms with Gasteiger partial charge in [-0.3, -0.25) is 10.1 Å². The molecule has 0 aliphatic rings. The Bertz CT molecular complexity index is 334. The number of aromatic amines is 1. The van der Waals surface area contributed by atoms with Crippen LogP contribution in [0.25, 0.3) is 0 Å². The number of aromatic nitrogens is 3. The number of carbonyl (C=O) groups is 1. The summed E-state index contributed by atoms with van der Waals surface area (Å²) in [5.74, 6) is -2.56. The zero-order valence-electron chi connectivity index (χ0n) is 6.84. The fraction of sp³-hybridized carbons (Fsp3) is 0.400. The average molecular weight is 210 g/mol. The quantitative estimate of drug-likeness (QED) is 0.736. The molecule has 2 N–H and O–H groups in total. The van der Waals surface area contributed by atoms with Gasteiger partial charge in [0.05, 0.1) is 7.11 Å². The van der Waals surface area contributed by atoms with E-state index in [4.69, 9.17) is 0 Å². The van der Waals surface area contributed by atoms with Crippen LogP contribution < -0.4 is 10.1 Å². The molecular weight excluding hydrogens is 205 g/mol. The summed E-state index contributed by atoms with van der Waals surface area (Å²) in [5, 5.41) is 6.83. The largest absolute Gasteiger partial charge is 0.471 e. The summed E-state index contributed by atoms with van der Waals surface area (Å²) in [5.41, 5.74) is 0. The van der Waals surface area contributed by atoms with E-state index in [0.717, 1.165) is 0 Å². The van der Waals surface area contributed by atoms with Gasteiger partial charge in [-0.2, -0.15) is 18.2 Å². The first kappa shape index (κ1) is 10.3. The number of ether oxygens (including phenoxy) is 1. The van der Waals surface area contributed by atoms with Crippen molar-refractivity contribution in [2.75, 3.05) is 12.4 Å². The summed E-state index contributed by atoms with van der Waals surface area (Å²) in [7, 11) is 1.23. The number of amides is 1. The first-order chi connectivity index (χ1) is 6.43. The van der Waals surface area contributed by atoms with Gasteiger partial charge in [0.25, 0.3) is 0 Å². The predicted octanol–water partition coefficient (Wildman–Crippen LogP) is 0.314. The second-order valence-corrected chi connectivity index (χ2v) is 2.12. The summed E-state index contributed by atoms with van der Waals surface area (Å²) in [6.45, 7) is 0. The first-order valence-corrected chi connectivity index (χ1v) is 3.28. The average Bonchev–Trinajstić information content (AvgIpc) is 2.50. The molecule has 0 aliphatic heterocycles. The van der Waals surface area contributed by atoms with Gasteiger partial charge < -0.3 is 4.74 Å². The van der Waals surface area contributed by atoms with Gasteiger partial charge in [-0.25, -0.2) is 5.10 Å². The number of methoxy groups -OCH3 is 1. The van der Waals surface area contributed by atoms with Crippen LogP contribution in [0, 0.1) is 0 Å². The van der Waals surface area contributed by atoms with Crippen molar-refractivity contribution in [3.8, 4) is 6.01 Å². The summed E-state index contributed by atoms with van der Waals surface area (Å²) >= 11 is 0. The Balaban J connectivity index is 2.65. The van der Waals surface area contributed by atoms with E-state index >= 15 is 0 Å². The van der Waals surface area contributed by atoms with E-state index in [0.29, 0.717) is 0 Å². The molecule has 0 aromatic carbocycles. The number of nitrogens with zero attached hydrogens (tertiary/aromatic N) is 2. The Labute approximate surface area is 75.5 Å². The normalized spacial score (nSPS) is 11.1. The lowest BCUT2D eigenvalue weighted by atomic mass is 10.6. The van der Waals surface area contributed by atoms with Crippen LogP contribution in [-0.4, -0.2) is 34.4 Å². The minimum Gasteiger partial charge on any atom is -0.466 e. The third-order valence-electron chi connectivity index (χ3n) is 1.14. The van der Waals surface area contributed by atoms with Gasteiger partial charge in [0.2, 0.25) is 5.95 Å². The van der Waals surface area contributed by atoms with Crippen LogP contribution in [0.2, 0.25) is 0 Å². The molecule has 1 heterocycles. The number of hydrogen-bond donors (Lipinski definition) is 2. The molecule has 14 heavy (non-hydrogen) atoms. The Kier molecular flexibility index (Phi) is 2.58. The molecule has 1 aromatic rings. The topological polar surface area (TPSA) is 79.9 Å². The van der Waals surface area contributed by atoms with E-state index in [1.807, 2.05) is 5.10 Å². The molecular formula is C5H5F3N4O2. The molecule has 0 aliphatic carbocycles. The molecule has 9 heteroatoms. The summed E-state index contributed by atoms with van der Waals surface area (Å²) in [4.78, 5) is 13.7. The molecule has 1 aromatic heterocycles. The van der Waals surface area contributed by atoms with Crippen molar-refractivity contribution in [3.05, 3.63) is 0 Å². The summed E-state index contributed by atoms with van der Waals surface area (Å²) in [6, 6.07) is -0.164. The van der Waals surface area contributed by atoms with Gasteiger partial charge in [-0.1, -0.05) is 0 Å². The SMILES string of the molecule is COc1n[nH]c(NC(=O)C(F)(F)F)n1. The standard InChI is InChI=1S/C5H5F3N4O2/c1-14-4-10-3(11-12-4)9-2(13)5(6,7)8/h1H3,(H2,9,10,11,12,13). The number of rotatable bonds is 2. The predicted molar refractivity (Wildman–Crippen MR) is 37.6 cm³/mol. The van der Waals surface area contributed by atoms with E-state index < -0.39 is 18.0 Å². The molecule has 0 unspecified atom stereocenters. The highest BCUT2D eigenvalue weighted by atomic mass is 19.4.